The van der Waals surface area contributed by atoms with Crippen LogP contribution in [-0.2, 0) is 10.0 Å². The molecule has 10 nitrogen and oxygen atoms in total. The van der Waals surface area contributed by atoms with E-state index in [0.29, 0.717) is 36.9 Å². The van der Waals surface area contributed by atoms with Crippen molar-refractivity contribution in [2.45, 2.75) is 31.8 Å². The number of anilines is 3. The highest BCUT2D eigenvalue weighted by Crippen LogP contribution is 2.33. The molecule has 0 spiro atoms. The molecule has 4 rings (SSSR count). The molecule has 2 aromatic heterocycles. The average molecular weight is 477 g/mol. The topological polar surface area (TPSA) is 139 Å². The maximum atomic E-state index is 11.6. The molecule has 12 heteroatoms. The van der Waals surface area contributed by atoms with Crippen molar-refractivity contribution in [3.63, 3.8) is 0 Å². The van der Waals surface area contributed by atoms with Crippen LogP contribution in [0.2, 0.25) is 5.02 Å². The van der Waals surface area contributed by atoms with Gasteiger partial charge in [0.15, 0.2) is 0 Å². The molecule has 3 aromatic rings. The lowest BCUT2D eigenvalue weighted by Gasteiger charge is -2.35. The standard InChI is InChI=1S/C20H25ClN8O2S/c1-12(25-20-24-11-23-19(22)27-20)15-10-13-4-3-5-16(21)17(13)26-18(15)29-8-6-14(7-9-29)28-32(2,30)31/h3-5,10-12,14,28H,6-9H2,1-2H3,(H3,22,23,24,25,27). The molecule has 170 valence electrons. The summed E-state index contributed by atoms with van der Waals surface area (Å²) < 4.78 is 25.9. The van der Waals surface area contributed by atoms with E-state index < -0.39 is 10.0 Å². The fourth-order valence-corrected chi connectivity index (χ4v) is 4.97. The van der Waals surface area contributed by atoms with Gasteiger partial charge in [0.2, 0.25) is 21.9 Å². The average Bonchev–Trinajstić information content (AvgIpc) is 2.73. The third-order valence-electron chi connectivity index (χ3n) is 5.38. The van der Waals surface area contributed by atoms with Crippen molar-refractivity contribution in [2.75, 3.05) is 35.3 Å². The van der Waals surface area contributed by atoms with Crippen LogP contribution in [0.5, 0.6) is 0 Å². The van der Waals surface area contributed by atoms with E-state index in [2.05, 4.69) is 36.0 Å². The summed E-state index contributed by atoms with van der Waals surface area (Å²) in [7, 11) is -3.24. The molecule has 1 aromatic carbocycles. The molecule has 0 saturated carbocycles. The Morgan fingerprint density at radius 3 is 2.66 bits per heavy atom. The molecule has 1 fully saturated rings. The minimum absolute atomic E-state index is 0.0857. The second-order valence-electron chi connectivity index (χ2n) is 7.90. The van der Waals surface area contributed by atoms with E-state index in [4.69, 9.17) is 22.3 Å². The van der Waals surface area contributed by atoms with Crippen molar-refractivity contribution < 1.29 is 8.42 Å². The van der Waals surface area contributed by atoms with Crippen LogP contribution in [-0.4, -0.2) is 53.7 Å². The quantitative estimate of drug-likeness (QED) is 0.489. The predicted molar refractivity (Wildman–Crippen MR) is 126 cm³/mol. The zero-order chi connectivity index (χ0) is 22.9. The molecule has 32 heavy (non-hydrogen) atoms. The van der Waals surface area contributed by atoms with Crippen LogP contribution in [0, 0.1) is 0 Å². The zero-order valence-corrected chi connectivity index (χ0v) is 19.4. The Balaban J connectivity index is 1.66. The molecular formula is C20H25ClN8O2S. The van der Waals surface area contributed by atoms with Gasteiger partial charge >= 0.3 is 0 Å². The van der Waals surface area contributed by atoms with Gasteiger partial charge in [0.05, 0.1) is 22.8 Å². The molecule has 4 N–H and O–H groups in total. The summed E-state index contributed by atoms with van der Waals surface area (Å²) in [5, 5.41) is 4.77. The molecule has 1 saturated heterocycles. The number of nitrogens with one attached hydrogen (secondary N) is 2. The number of hydrogen-bond donors (Lipinski definition) is 3. The third-order valence-corrected chi connectivity index (χ3v) is 6.45. The maximum absolute atomic E-state index is 11.6. The highest BCUT2D eigenvalue weighted by molar-refractivity contribution is 7.88. The lowest BCUT2D eigenvalue weighted by atomic mass is 10.0. The number of benzene rings is 1. The number of sulfonamides is 1. The lowest BCUT2D eigenvalue weighted by Crippen LogP contribution is -2.45. The summed E-state index contributed by atoms with van der Waals surface area (Å²) in [5.74, 6) is 1.31. The van der Waals surface area contributed by atoms with Gasteiger partial charge in [-0.1, -0.05) is 23.7 Å². The summed E-state index contributed by atoms with van der Waals surface area (Å²) in [5.41, 5.74) is 7.36. The molecule has 3 heterocycles. The number of nitrogens with zero attached hydrogens (tertiary/aromatic N) is 5. The third kappa shape index (κ3) is 5.17. The van der Waals surface area contributed by atoms with Crippen LogP contribution in [0.4, 0.5) is 17.7 Å². The van der Waals surface area contributed by atoms with Crippen LogP contribution in [0.25, 0.3) is 10.9 Å². The number of rotatable bonds is 6. The van der Waals surface area contributed by atoms with Crippen LogP contribution in [0.3, 0.4) is 0 Å². The molecule has 0 radical (unpaired) electrons. The molecule has 1 unspecified atom stereocenters. The largest absolute Gasteiger partial charge is 0.368 e. The fraction of sp³-hybridized carbons (Fsp3) is 0.400. The van der Waals surface area contributed by atoms with Crippen molar-refractivity contribution >= 4 is 50.2 Å². The zero-order valence-electron chi connectivity index (χ0n) is 17.8. The monoisotopic (exact) mass is 476 g/mol. The highest BCUT2D eigenvalue weighted by Gasteiger charge is 2.26. The number of para-hydroxylation sites is 1. The van der Waals surface area contributed by atoms with Gasteiger partial charge in [0.25, 0.3) is 0 Å². The summed E-state index contributed by atoms with van der Waals surface area (Å²) in [4.78, 5) is 19.2. The van der Waals surface area contributed by atoms with Gasteiger partial charge in [-0.15, -0.1) is 0 Å². The lowest BCUT2D eigenvalue weighted by molar-refractivity contribution is 0.459. The van der Waals surface area contributed by atoms with Crippen LogP contribution in [0.1, 0.15) is 31.4 Å². The van der Waals surface area contributed by atoms with Gasteiger partial charge in [0.1, 0.15) is 12.1 Å². The highest BCUT2D eigenvalue weighted by atomic mass is 35.5. The molecule has 0 bridgehead atoms. The van der Waals surface area contributed by atoms with Gasteiger partial charge < -0.3 is 16.0 Å². The Kier molecular flexibility index (Phi) is 6.31. The summed E-state index contributed by atoms with van der Waals surface area (Å²) in [6, 6.07) is 7.47. The first-order valence-corrected chi connectivity index (χ1v) is 12.5. The molecule has 1 aliphatic heterocycles. The number of pyridine rings is 1. The van der Waals surface area contributed by atoms with E-state index in [1.807, 2.05) is 25.1 Å². The van der Waals surface area contributed by atoms with Gasteiger partial charge in [-0.2, -0.15) is 4.98 Å². The van der Waals surface area contributed by atoms with Crippen molar-refractivity contribution in [3.05, 3.63) is 41.2 Å². The number of fused-ring (bicyclic) bond motifs is 1. The van der Waals surface area contributed by atoms with E-state index in [0.717, 1.165) is 22.3 Å². The van der Waals surface area contributed by atoms with Crippen LogP contribution >= 0.6 is 11.6 Å². The molecular weight excluding hydrogens is 452 g/mol. The van der Waals surface area contributed by atoms with Crippen molar-refractivity contribution in [2.24, 2.45) is 0 Å². The van der Waals surface area contributed by atoms with Gasteiger partial charge in [0, 0.05) is 30.1 Å². The predicted octanol–water partition coefficient (Wildman–Crippen LogP) is 2.35. The molecule has 1 atom stereocenters. The summed E-state index contributed by atoms with van der Waals surface area (Å²) in [6.07, 6.45) is 3.91. The second-order valence-corrected chi connectivity index (χ2v) is 10.1. The van der Waals surface area contributed by atoms with Crippen LogP contribution in [0.15, 0.2) is 30.6 Å². The fourth-order valence-electron chi connectivity index (χ4n) is 3.90. The Morgan fingerprint density at radius 2 is 1.97 bits per heavy atom. The van der Waals surface area contributed by atoms with E-state index in [1.165, 1.54) is 12.6 Å². The maximum Gasteiger partial charge on any atom is 0.227 e. The Labute approximate surface area is 191 Å². The van der Waals surface area contributed by atoms with Crippen molar-refractivity contribution in [1.29, 1.82) is 0 Å². The summed E-state index contributed by atoms with van der Waals surface area (Å²) in [6.45, 7) is 3.32. The van der Waals surface area contributed by atoms with E-state index >= 15 is 0 Å². The number of nitrogens with two attached hydrogens (primary N) is 1. The second kappa shape index (κ2) is 9.00. The minimum Gasteiger partial charge on any atom is -0.368 e. The Hall–Kier alpha value is -2.76. The van der Waals surface area contributed by atoms with E-state index in [9.17, 15) is 8.42 Å². The number of piperidine rings is 1. The van der Waals surface area contributed by atoms with E-state index in [1.54, 1.807) is 0 Å². The van der Waals surface area contributed by atoms with Crippen LogP contribution < -0.4 is 20.7 Å². The number of halogens is 1. The molecule has 0 aliphatic carbocycles. The Bertz CT molecular complexity index is 1230. The first-order valence-electron chi connectivity index (χ1n) is 10.2. The smallest absolute Gasteiger partial charge is 0.227 e. The number of hydrogen-bond acceptors (Lipinski definition) is 9. The SMILES string of the molecule is CC(Nc1ncnc(N)n1)c1cc2cccc(Cl)c2nc1N1CCC(NS(C)(=O)=O)CC1. The van der Waals surface area contributed by atoms with Gasteiger partial charge in [-0.05, 0) is 31.9 Å². The summed E-state index contributed by atoms with van der Waals surface area (Å²) >= 11 is 6.43. The van der Waals surface area contributed by atoms with Crippen molar-refractivity contribution in [3.8, 4) is 0 Å². The normalized spacial score (nSPS) is 16.3. The van der Waals surface area contributed by atoms with Crippen molar-refractivity contribution in [1.82, 2.24) is 24.7 Å². The van der Waals surface area contributed by atoms with Gasteiger partial charge in [-0.25, -0.2) is 28.1 Å². The molecule has 0 amide bonds. The minimum atomic E-state index is -3.24. The first-order chi connectivity index (χ1) is 15.2. The first kappa shape index (κ1) is 22.4. The number of nitrogen functional groups attached to an aromatic ring is 1. The van der Waals surface area contributed by atoms with Gasteiger partial charge in [-0.3, -0.25) is 0 Å². The molecule has 1 aliphatic rings. The van der Waals surface area contributed by atoms with E-state index in [-0.39, 0.29) is 18.0 Å². The Morgan fingerprint density at radius 1 is 1.22 bits per heavy atom. The number of aromatic nitrogens is 4.